The van der Waals surface area contributed by atoms with Crippen LogP contribution in [0.25, 0.3) is 0 Å². The lowest BCUT2D eigenvalue weighted by molar-refractivity contribution is -0.126. The maximum Gasteiger partial charge on any atom is 0.253 e. The number of amides is 2. The van der Waals surface area contributed by atoms with E-state index < -0.39 is 9.84 Å². The summed E-state index contributed by atoms with van der Waals surface area (Å²) >= 11 is 11.9. The summed E-state index contributed by atoms with van der Waals surface area (Å²) in [4.78, 5) is 27.3. The van der Waals surface area contributed by atoms with E-state index in [-0.39, 0.29) is 34.9 Å². The molecule has 0 radical (unpaired) electrons. The highest BCUT2D eigenvalue weighted by Gasteiger charge is 2.29. The van der Waals surface area contributed by atoms with Gasteiger partial charge in [0.05, 0.1) is 26.6 Å². The van der Waals surface area contributed by atoms with E-state index >= 15 is 0 Å². The molecule has 1 fully saturated rings. The van der Waals surface area contributed by atoms with Crippen molar-refractivity contribution in [3.8, 4) is 0 Å². The Bertz CT molecular complexity index is 1040. The molecular formula is C22H24Cl2N2O4S. The molecule has 0 aromatic heterocycles. The minimum absolute atomic E-state index is 0.0378. The summed E-state index contributed by atoms with van der Waals surface area (Å²) in [6, 6.07) is 13.0. The predicted octanol–water partition coefficient (Wildman–Crippen LogP) is 3.83. The molecule has 1 heterocycles. The van der Waals surface area contributed by atoms with Crippen molar-refractivity contribution in [2.24, 2.45) is 5.92 Å². The first-order valence-electron chi connectivity index (χ1n) is 10.1. The molecule has 1 atom stereocenters. The maximum absolute atomic E-state index is 12.8. The van der Waals surface area contributed by atoms with Crippen molar-refractivity contribution in [2.75, 3.05) is 25.4 Å². The molecule has 9 heteroatoms. The van der Waals surface area contributed by atoms with Crippen LogP contribution >= 0.6 is 23.2 Å². The first kappa shape index (κ1) is 23.6. The zero-order valence-corrected chi connectivity index (χ0v) is 19.2. The lowest BCUT2D eigenvalue weighted by Crippen LogP contribution is -2.45. The average molecular weight is 483 g/mol. The van der Waals surface area contributed by atoms with Crippen molar-refractivity contribution in [3.05, 3.63) is 64.1 Å². The summed E-state index contributed by atoms with van der Waals surface area (Å²) in [5.41, 5.74) is 0.432. The van der Waals surface area contributed by atoms with Gasteiger partial charge in [0, 0.05) is 25.2 Å². The van der Waals surface area contributed by atoms with Crippen LogP contribution in [0.2, 0.25) is 10.0 Å². The van der Waals surface area contributed by atoms with Crippen LogP contribution < -0.4 is 5.32 Å². The quantitative estimate of drug-likeness (QED) is 0.607. The molecule has 0 saturated carbocycles. The number of piperidine rings is 1. The predicted molar refractivity (Wildman–Crippen MR) is 121 cm³/mol. The second-order valence-corrected chi connectivity index (χ2v) is 10.4. The number of nitrogens with zero attached hydrogens (tertiary/aromatic N) is 1. The van der Waals surface area contributed by atoms with E-state index in [1.165, 1.54) is 6.07 Å². The molecule has 0 bridgehead atoms. The largest absolute Gasteiger partial charge is 0.356 e. The number of carbonyl (C=O) groups excluding carboxylic acids is 2. The third-order valence-electron chi connectivity index (χ3n) is 5.24. The zero-order valence-electron chi connectivity index (χ0n) is 16.9. The van der Waals surface area contributed by atoms with Crippen molar-refractivity contribution in [2.45, 2.75) is 24.2 Å². The maximum atomic E-state index is 12.8. The van der Waals surface area contributed by atoms with Gasteiger partial charge < -0.3 is 10.2 Å². The summed E-state index contributed by atoms with van der Waals surface area (Å²) in [6.07, 6.45) is 1.72. The number of carbonyl (C=O) groups is 2. The molecular weight excluding hydrogens is 459 g/mol. The number of sulfone groups is 1. The third-order valence-corrected chi connectivity index (χ3v) is 7.79. The van der Waals surface area contributed by atoms with Gasteiger partial charge in [0.25, 0.3) is 5.91 Å². The zero-order chi connectivity index (χ0) is 22.4. The highest BCUT2D eigenvalue weighted by molar-refractivity contribution is 7.91. The number of nitrogens with one attached hydrogen (secondary N) is 1. The van der Waals surface area contributed by atoms with Crippen LogP contribution in [0.15, 0.2) is 53.4 Å². The number of hydrogen-bond donors (Lipinski definition) is 1. The van der Waals surface area contributed by atoms with Crippen molar-refractivity contribution in [3.63, 3.8) is 0 Å². The summed E-state index contributed by atoms with van der Waals surface area (Å²) in [7, 11) is -3.36. The second kappa shape index (κ2) is 10.5. The molecule has 3 rings (SSSR count). The van der Waals surface area contributed by atoms with Gasteiger partial charge >= 0.3 is 0 Å². The van der Waals surface area contributed by atoms with Crippen molar-refractivity contribution in [1.29, 1.82) is 0 Å². The number of halogens is 2. The summed E-state index contributed by atoms with van der Waals surface area (Å²) in [5.74, 6) is -0.718. The molecule has 1 N–H and O–H groups in total. The Labute approximate surface area is 192 Å². The Hall–Kier alpha value is -2.09. The summed E-state index contributed by atoms with van der Waals surface area (Å²) < 4.78 is 24.6. The van der Waals surface area contributed by atoms with Crippen molar-refractivity contribution >= 4 is 44.9 Å². The van der Waals surface area contributed by atoms with Crippen LogP contribution in [0.5, 0.6) is 0 Å². The van der Waals surface area contributed by atoms with Crippen LogP contribution in [0.3, 0.4) is 0 Å². The molecule has 0 aliphatic carbocycles. The molecule has 1 saturated heterocycles. The van der Waals surface area contributed by atoms with Crippen molar-refractivity contribution in [1.82, 2.24) is 10.2 Å². The van der Waals surface area contributed by atoms with Crippen LogP contribution in [0.4, 0.5) is 0 Å². The summed E-state index contributed by atoms with van der Waals surface area (Å²) in [6.45, 7) is 1.15. The van der Waals surface area contributed by atoms with Gasteiger partial charge in [-0.3, -0.25) is 9.59 Å². The normalized spacial score (nSPS) is 16.7. The van der Waals surface area contributed by atoms with Gasteiger partial charge in [-0.05, 0) is 49.6 Å². The Morgan fingerprint density at radius 1 is 1.06 bits per heavy atom. The smallest absolute Gasteiger partial charge is 0.253 e. The van der Waals surface area contributed by atoms with E-state index in [4.69, 9.17) is 23.2 Å². The number of benzene rings is 2. The topological polar surface area (TPSA) is 83.6 Å². The van der Waals surface area contributed by atoms with Crippen LogP contribution in [0, 0.1) is 5.92 Å². The molecule has 0 spiro atoms. The van der Waals surface area contributed by atoms with Gasteiger partial charge in [0.1, 0.15) is 0 Å². The van der Waals surface area contributed by atoms with Gasteiger partial charge in [-0.1, -0.05) is 41.4 Å². The molecule has 6 nitrogen and oxygen atoms in total. The average Bonchev–Trinajstić information content (AvgIpc) is 2.78. The molecule has 2 amide bonds. The van der Waals surface area contributed by atoms with E-state index in [1.54, 1.807) is 47.4 Å². The SMILES string of the molecule is O=C(NCCCS(=O)(=O)c1ccccc1)C1CCCN(C(=O)c2ccc(Cl)c(Cl)c2)C1. The van der Waals surface area contributed by atoms with E-state index in [0.29, 0.717) is 48.0 Å². The van der Waals surface area contributed by atoms with Gasteiger partial charge in [0.15, 0.2) is 9.84 Å². The molecule has 166 valence electrons. The van der Waals surface area contributed by atoms with Gasteiger partial charge in [-0.25, -0.2) is 8.42 Å². The molecule has 1 aliphatic heterocycles. The number of hydrogen-bond acceptors (Lipinski definition) is 4. The van der Waals surface area contributed by atoms with Gasteiger partial charge in [0.2, 0.25) is 5.91 Å². The van der Waals surface area contributed by atoms with Gasteiger partial charge in [-0.15, -0.1) is 0 Å². The fraction of sp³-hybridized carbons (Fsp3) is 0.364. The molecule has 1 aliphatic rings. The minimum atomic E-state index is -3.36. The Balaban J connectivity index is 1.49. The molecule has 31 heavy (non-hydrogen) atoms. The fourth-order valence-electron chi connectivity index (χ4n) is 3.55. The monoisotopic (exact) mass is 482 g/mol. The lowest BCUT2D eigenvalue weighted by atomic mass is 9.96. The molecule has 1 unspecified atom stereocenters. The Kier molecular flexibility index (Phi) is 7.97. The Morgan fingerprint density at radius 2 is 1.81 bits per heavy atom. The first-order chi connectivity index (χ1) is 14.8. The minimum Gasteiger partial charge on any atom is -0.356 e. The fourth-order valence-corrected chi connectivity index (χ4v) is 5.18. The highest BCUT2D eigenvalue weighted by Crippen LogP contribution is 2.25. The number of likely N-dealkylation sites (tertiary alicyclic amines) is 1. The van der Waals surface area contributed by atoms with Gasteiger partial charge in [-0.2, -0.15) is 0 Å². The van der Waals surface area contributed by atoms with E-state index in [1.807, 2.05) is 0 Å². The molecule has 2 aromatic carbocycles. The van der Waals surface area contributed by atoms with E-state index in [2.05, 4.69) is 5.32 Å². The van der Waals surface area contributed by atoms with E-state index in [9.17, 15) is 18.0 Å². The molecule has 2 aromatic rings. The highest BCUT2D eigenvalue weighted by atomic mass is 35.5. The Morgan fingerprint density at radius 3 is 2.52 bits per heavy atom. The van der Waals surface area contributed by atoms with Crippen LogP contribution in [0.1, 0.15) is 29.6 Å². The van der Waals surface area contributed by atoms with E-state index in [0.717, 1.165) is 0 Å². The second-order valence-electron chi connectivity index (χ2n) is 7.50. The van der Waals surface area contributed by atoms with Crippen molar-refractivity contribution < 1.29 is 18.0 Å². The number of rotatable bonds is 7. The third kappa shape index (κ3) is 6.21. The lowest BCUT2D eigenvalue weighted by Gasteiger charge is -2.32. The van der Waals surface area contributed by atoms with Crippen LogP contribution in [-0.4, -0.2) is 50.5 Å². The van der Waals surface area contributed by atoms with Crippen LogP contribution in [-0.2, 0) is 14.6 Å². The first-order valence-corrected chi connectivity index (χ1v) is 12.5. The standard InChI is InChI=1S/C22H24Cl2N2O4S/c23-19-10-9-16(14-20(19)24)22(28)26-12-4-6-17(15-26)21(27)25-11-5-13-31(29,30)18-7-2-1-3-8-18/h1-3,7-10,14,17H,4-6,11-13,15H2,(H,25,27). The summed E-state index contributed by atoms with van der Waals surface area (Å²) in [5, 5.41) is 3.50.